The van der Waals surface area contributed by atoms with E-state index in [4.69, 9.17) is 21.4 Å². The lowest BCUT2D eigenvalue weighted by molar-refractivity contribution is -0.0974. The zero-order valence-electron chi connectivity index (χ0n) is 8.58. The minimum absolute atomic E-state index is 0.00476. The maximum atomic E-state index is 9.06. The highest BCUT2D eigenvalue weighted by Crippen LogP contribution is 2.11. The van der Waals surface area contributed by atoms with E-state index in [1.807, 2.05) is 0 Å². The zero-order valence-corrected chi connectivity index (χ0v) is 8.58. The van der Waals surface area contributed by atoms with E-state index < -0.39 is 6.29 Å². The Balaban J connectivity index is 2.91. The normalized spacial score (nSPS) is 12.5. The van der Waals surface area contributed by atoms with E-state index in [1.54, 1.807) is 6.92 Å². The lowest BCUT2D eigenvalue weighted by Crippen LogP contribution is -2.30. The van der Waals surface area contributed by atoms with Gasteiger partial charge in [0.1, 0.15) is 0 Å². The second kappa shape index (κ2) is 4.71. The topological polar surface area (TPSA) is 123 Å². The van der Waals surface area contributed by atoms with E-state index in [2.05, 4.69) is 15.0 Å². The van der Waals surface area contributed by atoms with Crippen LogP contribution in [0.4, 0.5) is 17.8 Å². The number of nitrogens with two attached hydrogens (primary N) is 2. The predicted octanol–water partition coefficient (Wildman–Crippen LogP) is -0.868. The Morgan fingerprint density at radius 2 is 1.87 bits per heavy atom. The first-order valence-corrected chi connectivity index (χ1v) is 4.42. The monoisotopic (exact) mass is 214 g/mol. The fourth-order valence-electron chi connectivity index (χ4n) is 0.956. The number of hydroxylamine groups is 1. The molecule has 0 aliphatic carbocycles. The van der Waals surface area contributed by atoms with Gasteiger partial charge in [-0.2, -0.15) is 15.0 Å². The van der Waals surface area contributed by atoms with E-state index in [0.29, 0.717) is 6.54 Å². The van der Waals surface area contributed by atoms with Crippen LogP contribution in [0.15, 0.2) is 0 Å². The van der Waals surface area contributed by atoms with E-state index in [9.17, 15) is 0 Å². The maximum absolute atomic E-state index is 9.06. The Morgan fingerprint density at radius 1 is 1.33 bits per heavy atom. The molecule has 1 rings (SSSR count). The molecule has 0 amide bonds. The summed E-state index contributed by atoms with van der Waals surface area (Å²) < 4.78 is 0. The van der Waals surface area contributed by atoms with Crippen molar-refractivity contribution in [3.05, 3.63) is 0 Å². The van der Waals surface area contributed by atoms with E-state index in [1.165, 1.54) is 12.0 Å². The van der Waals surface area contributed by atoms with Gasteiger partial charge in [0.15, 0.2) is 6.29 Å². The number of aromatic nitrogens is 3. The lowest BCUT2D eigenvalue weighted by Gasteiger charge is -2.21. The van der Waals surface area contributed by atoms with E-state index in [-0.39, 0.29) is 17.8 Å². The number of hydrogen-bond donors (Lipinski definition) is 3. The molecule has 1 aromatic rings. The Hall–Kier alpha value is -1.67. The summed E-state index contributed by atoms with van der Waals surface area (Å²) in [6.07, 6.45) is -0.968. The highest BCUT2D eigenvalue weighted by atomic mass is 16.8. The highest BCUT2D eigenvalue weighted by molar-refractivity contribution is 5.37. The molecule has 0 spiro atoms. The van der Waals surface area contributed by atoms with Crippen LogP contribution < -0.4 is 16.5 Å². The molecule has 0 aliphatic heterocycles. The van der Waals surface area contributed by atoms with Gasteiger partial charge in [-0.15, -0.1) is 0 Å². The Labute approximate surface area is 86.9 Å². The number of aliphatic hydroxyl groups excluding tert-OH is 1. The van der Waals surface area contributed by atoms with Gasteiger partial charge >= 0.3 is 0 Å². The van der Waals surface area contributed by atoms with Crippen LogP contribution in [0.25, 0.3) is 0 Å². The molecule has 0 radical (unpaired) electrons. The fourth-order valence-corrected chi connectivity index (χ4v) is 0.956. The number of anilines is 3. The molecule has 1 aromatic heterocycles. The van der Waals surface area contributed by atoms with Gasteiger partial charge in [0.05, 0.1) is 0 Å². The lowest BCUT2D eigenvalue weighted by atomic mass is 10.7. The molecule has 0 fully saturated rings. The van der Waals surface area contributed by atoms with Crippen LogP contribution in [0, 0.1) is 0 Å². The quantitative estimate of drug-likeness (QED) is 0.436. The summed E-state index contributed by atoms with van der Waals surface area (Å²) in [4.78, 5) is 16.3. The predicted molar refractivity (Wildman–Crippen MR) is 54.4 cm³/mol. The molecule has 1 unspecified atom stereocenters. The first-order chi connectivity index (χ1) is 7.02. The molecule has 1 heterocycles. The van der Waals surface area contributed by atoms with Crippen LogP contribution in [0.2, 0.25) is 0 Å². The Kier molecular flexibility index (Phi) is 3.58. The summed E-state index contributed by atoms with van der Waals surface area (Å²) in [6.45, 7) is 3.71. The van der Waals surface area contributed by atoms with Crippen molar-refractivity contribution in [2.24, 2.45) is 0 Å². The first-order valence-electron chi connectivity index (χ1n) is 4.42. The SMILES string of the molecule is CCN(OC(C)O)c1nc(N)nc(N)n1. The summed E-state index contributed by atoms with van der Waals surface area (Å²) >= 11 is 0. The summed E-state index contributed by atoms with van der Waals surface area (Å²) in [6, 6.07) is 0. The number of nitrogen functional groups attached to an aromatic ring is 2. The molecular weight excluding hydrogens is 200 g/mol. The van der Waals surface area contributed by atoms with Crippen molar-refractivity contribution in [3.8, 4) is 0 Å². The standard InChI is InChI=1S/C7H14N6O2/c1-3-13(15-4(2)14)7-11-5(8)10-6(9)12-7/h4,14H,3H2,1-2H3,(H4,8,9,10,11,12). The Bertz CT molecular complexity index is 311. The molecule has 15 heavy (non-hydrogen) atoms. The van der Waals surface area contributed by atoms with Crippen LogP contribution in [-0.4, -0.2) is 32.9 Å². The minimum atomic E-state index is -0.968. The number of aliphatic hydroxyl groups is 1. The maximum Gasteiger partial charge on any atom is 0.256 e. The van der Waals surface area contributed by atoms with Gasteiger partial charge in [-0.25, -0.2) is 9.90 Å². The summed E-state index contributed by atoms with van der Waals surface area (Å²) in [5, 5.41) is 10.3. The summed E-state index contributed by atoms with van der Waals surface area (Å²) in [5.74, 6) is 0.179. The number of nitrogens with zero attached hydrogens (tertiary/aromatic N) is 4. The number of rotatable bonds is 4. The van der Waals surface area contributed by atoms with Crippen molar-refractivity contribution in [3.63, 3.8) is 0 Å². The molecule has 0 aromatic carbocycles. The molecule has 5 N–H and O–H groups in total. The van der Waals surface area contributed by atoms with Crippen LogP contribution in [-0.2, 0) is 4.84 Å². The second-order valence-electron chi connectivity index (χ2n) is 2.75. The van der Waals surface area contributed by atoms with Gasteiger partial charge < -0.3 is 16.6 Å². The van der Waals surface area contributed by atoms with Crippen molar-refractivity contribution >= 4 is 17.8 Å². The van der Waals surface area contributed by atoms with Gasteiger partial charge in [-0.05, 0) is 13.8 Å². The van der Waals surface area contributed by atoms with E-state index >= 15 is 0 Å². The molecule has 84 valence electrons. The smallest absolute Gasteiger partial charge is 0.256 e. The average molecular weight is 214 g/mol. The molecule has 0 bridgehead atoms. The first kappa shape index (κ1) is 11.4. The molecule has 8 nitrogen and oxygen atoms in total. The van der Waals surface area contributed by atoms with Crippen molar-refractivity contribution in [2.45, 2.75) is 20.1 Å². The van der Waals surface area contributed by atoms with Gasteiger partial charge in [0.2, 0.25) is 11.9 Å². The van der Waals surface area contributed by atoms with Crippen molar-refractivity contribution in [2.75, 3.05) is 23.1 Å². The molecule has 0 saturated carbocycles. The van der Waals surface area contributed by atoms with Crippen molar-refractivity contribution in [1.82, 2.24) is 15.0 Å². The molecule has 8 heteroatoms. The second-order valence-corrected chi connectivity index (χ2v) is 2.75. The zero-order chi connectivity index (χ0) is 11.4. The van der Waals surface area contributed by atoms with Gasteiger partial charge in [0.25, 0.3) is 5.95 Å². The van der Waals surface area contributed by atoms with Crippen molar-refractivity contribution in [1.29, 1.82) is 0 Å². The number of hydrogen-bond acceptors (Lipinski definition) is 8. The largest absolute Gasteiger partial charge is 0.368 e. The Morgan fingerprint density at radius 3 is 2.27 bits per heavy atom. The molecule has 0 aliphatic rings. The third-order valence-corrected chi connectivity index (χ3v) is 1.45. The van der Waals surface area contributed by atoms with Crippen LogP contribution >= 0.6 is 0 Å². The minimum Gasteiger partial charge on any atom is -0.368 e. The van der Waals surface area contributed by atoms with Gasteiger partial charge in [0, 0.05) is 6.54 Å². The fraction of sp³-hybridized carbons (Fsp3) is 0.571. The van der Waals surface area contributed by atoms with Crippen molar-refractivity contribution < 1.29 is 9.94 Å². The summed E-state index contributed by atoms with van der Waals surface area (Å²) in [7, 11) is 0. The molecular formula is C7H14N6O2. The third kappa shape index (κ3) is 3.18. The molecule has 1 atom stereocenters. The average Bonchev–Trinajstić information content (AvgIpc) is 2.12. The van der Waals surface area contributed by atoms with Gasteiger partial charge in [-0.3, -0.25) is 0 Å². The highest BCUT2D eigenvalue weighted by Gasteiger charge is 2.12. The van der Waals surface area contributed by atoms with Crippen LogP contribution in [0.5, 0.6) is 0 Å². The van der Waals surface area contributed by atoms with E-state index in [0.717, 1.165) is 0 Å². The molecule has 0 saturated heterocycles. The third-order valence-electron chi connectivity index (χ3n) is 1.45. The van der Waals surface area contributed by atoms with Gasteiger partial charge in [-0.1, -0.05) is 0 Å². The summed E-state index contributed by atoms with van der Waals surface area (Å²) in [5.41, 5.74) is 10.8. The van der Waals surface area contributed by atoms with Crippen LogP contribution in [0.1, 0.15) is 13.8 Å². The van der Waals surface area contributed by atoms with Crippen LogP contribution in [0.3, 0.4) is 0 Å².